The van der Waals surface area contributed by atoms with Crippen LogP contribution in [0.2, 0.25) is 0 Å². The van der Waals surface area contributed by atoms with E-state index in [2.05, 4.69) is 27.9 Å². The molecule has 1 aliphatic heterocycles. The number of thiophene rings is 1. The summed E-state index contributed by atoms with van der Waals surface area (Å²) in [6.07, 6.45) is 0. The first kappa shape index (κ1) is 14.7. The second-order valence-corrected chi connectivity index (χ2v) is 6.92. The molecule has 0 bridgehead atoms. The van der Waals surface area contributed by atoms with Crippen LogP contribution in [0.3, 0.4) is 0 Å². The van der Waals surface area contributed by atoms with Crippen molar-refractivity contribution in [3.63, 3.8) is 0 Å². The van der Waals surface area contributed by atoms with E-state index in [1.165, 1.54) is 11.3 Å². The van der Waals surface area contributed by atoms with Gasteiger partial charge in [-0.25, -0.2) is 4.79 Å². The minimum Gasteiger partial charge on any atom is -0.464 e. The van der Waals surface area contributed by atoms with Gasteiger partial charge in [-0.2, -0.15) is 0 Å². The third-order valence-corrected chi connectivity index (χ3v) is 4.67. The summed E-state index contributed by atoms with van der Waals surface area (Å²) in [6.45, 7) is 3.76. The fraction of sp³-hybridized carbons (Fsp3) is 0.500. The number of carbonyl (C=O) groups excluding carboxylic acids is 2. The highest BCUT2D eigenvalue weighted by molar-refractivity contribution is 14.1. The summed E-state index contributed by atoms with van der Waals surface area (Å²) in [7, 11) is 0. The normalized spacial score (nSPS) is 19.3. The van der Waals surface area contributed by atoms with Gasteiger partial charge in [0.1, 0.15) is 6.04 Å². The zero-order valence-electron chi connectivity index (χ0n) is 10.5. The molecule has 0 radical (unpaired) electrons. The van der Waals surface area contributed by atoms with E-state index in [-0.39, 0.29) is 11.9 Å². The summed E-state index contributed by atoms with van der Waals surface area (Å²) in [4.78, 5) is 25.9. The molecular weight excluding hydrogens is 379 g/mol. The standard InChI is InChI=1S/C12H15IN2O3S/c1-2-18-12(17)9-6-14-3-4-15(9)11(16)8-5-10(13)19-7-8/h5,7,9,14H,2-4,6H2,1H3. The van der Waals surface area contributed by atoms with E-state index >= 15 is 0 Å². The third-order valence-electron chi connectivity index (χ3n) is 2.88. The molecule has 1 aromatic rings. The van der Waals surface area contributed by atoms with Crippen LogP contribution in [-0.4, -0.2) is 49.1 Å². The van der Waals surface area contributed by atoms with Crippen LogP contribution >= 0.6 is 33.9 Å². The van der Waals surface area contributed by atoms with Crippen LogP contribution in [0.1, 0.15) is 17.3 Å². The van der Waals surface area contributed by atoms with Crippen LogP contribution in [0.4, 0.5) is 0 Å². The van der Waals surface area contributed by atoms with E-state index in [0.717, 1.165) is 2.88 Å². The number of piperazine rings is 1. The van der Waals surface area contributed by atoms with Gasteiger partial charge in [0.2, 0.25) is 0 Å². The Morgan fingerprint density at radius 2 is 2.42 bits per heavy atom. The maximum Gasteiger partial charge on any atom is 0.330 e. The van der Waals surface area contributed by atoms with E-state index in [4.69, 9.17) is 4.74 Å². The SMILES string of the molecule is CCOC(=O)C1CNCCN1C(=O)c1csc(I)c1. The van der Waals surface area contributed by atoms with Gasteiger partial charge in [-0.1, -0.05) is 0 Å². The molecule has 1 aliphatic rings. The topological polar surface area (TPSA) is 58.6 Å². The first-order valence-electron chi connectivity index (χ1n) is 6.06. The number of ether oxygens (including phenoxy) is 1. The van der Waals surface area contributed by atoms with Crippen molar-refractivity contribution in [1.29, 1.82) is 0 Å². The van der Waals surface area contributed by atoms with Crippen molar-refractivity contribution in [2.45, 2.75) is 13.0 Å². The van der Waals surface area contributed by atoms with E-state index in [1.54, 1.807) is 11.8 Å². The number of carbonyl (C=O) groups is 2. The largest absolute Gasteiger partial charge is 0.464 e. The average Bonchev–Trinajstić information content (AvgIpc) is 2.85. The number of nitrogens with one attached hydrogen (secondary N) is 1. The lowest BCUT2D eigenvalue weighted by molar-refractivity contribution is -0.149. The van der Waals surface area contributed by atoms with Gasteiger partial charge in [0.25, 0.3) is 5.91 Å². The number of amides is 1. The van der Waals surface area contributed by atoms with Gasteiger partial charge in [-0.05, 0) is 35.6 Å². The second-order valence-electron chi connectivity index (χ2n) is 4.11. The van der Waals surface area contributed by atoms with Crippen LogP contribution in [0, 0.1) is 2.88 Å². The summed E-state index contributed by atoms with van der Waals surface area (Å²) in [6, 6.07) is 1.32. The van der Waals surface area contributed by atoms with Crippen LogP contribution in [0.25, 0.3) is 0 Å². The lowest BCUT2D eigenvalue weighted by Gasteiger charge is -2.34. The first-order valence-corrected chi connectivity index (χ1v) is 8.01. The molecule has 1 amide bonds. The van der Waals surface area contributed by atoms with Crippen molar-refractivity contribution in [3.8, 4) is 0 Å². The third kappa shape index (κ3) is 3.46. The smallest absolute Gasteiger partial charge is 0.330 e. The Bertz CT molecular complexity index is 477. The summed E-state index contributed by atoms with van der Waals surface area (Å²) < 4.78 is 6.09. The molecule has 0 aromatic carbocycles. The molecule has 2 heterocycles. The summed E-state index contributed by atoms with van der Waals surface area (Å²) in [5.74, 6) is -0.438. The quantitative estimate of drug-likeness (QED) is 0.621. The summed E-state index contributed by atoms with van der Waals surface area (Å²) in [5, 5.41) is 4.95. The van der Waals surface area contributed by atoms with Gasteiger partial charge in [0.15, 0.2) is 0 Å². The predicted octanol–water partition coefficient (Wildman–Crippen LogP) is 1.33. The van der Waals surface area contributed by atoms with Crippen LogP contribution in [0.15, 0.2) is 11.4 Å². The fourth-order valence-electron chi connectivity index (χ4n) is 1.98. The molecule has 0 aliphatic carbocycles. The number of esters is 1. The van der Waals surface area contributed by atoms with Crippen LogP contribution < -0.4 is 5.32 Å². The Morgan fingerprint density at radius 3 is 3.05 bits per heavy atom. The molecule has 7 heteroatoms. The van der Waals surface area contributed by atoms with Crippen LogP contribution in [-0.2, 0) is 9.53 Å². The second kappa shape index (κ2) is 6.67. The number of nitrogens with zero attached hydrogens (tertiary/aromatic N) is 1. The molecule has 104 valence electrons. The van der Waals surface area contributed by atoms with E-state index in [0.29, 0.717) is 31.8 Å². The number of halogens is 1. The Kier molecular flexibility index (Phi) is 5.17. The van der Waals surface area contributed by atoms with Crippen molar-refractivity contribution in [3.05, 3.63) is 19.9 Å². The van der Waals surface area contributed by atoms with Gasteiger partial charge in [-0.3, -0.25) is 4.79 Å². The zero-order valence-corrected chi connectivity index (χ0v) is 13.5. The molecular formula is C12H15IN2O3S. The lowest BCUT2D eigenvalue weighted by Crippen LogP contribution is -2.57. The van der Waals surface area contributed by atoms with Crippen molar-refractivity contribution in [2.75, 3.05) is 26.2 Å². The fourth-order valence-corrected chi connectivity index (χ4v) is 3.30. The van der Waals surface area contributed by atoms with E-state index < -0.39 is 6.04 Å². The maximum atomic E-state index is 12.4. The van der Waals surface area contributed by atoms with Gasteiger partial charge in [0.05, 0.1) is 15.1 Å². The summed E-state index contributed by atoms with van der Waals surface area (Å²) in [5.41, 5.74) is 0.644. The van der Waals surface area contributed by atoms with Gasteiger partial charge in [-0.15, -0.1) is 11.3 Å². The predicted molar refractivity (Wildman–Crippen MR) is 81.4 cm³/mol. The van der Waals surface area contributed by atoms with Crippen molar-refractivity contribution in [2.24, 2.45) is 0 Å². The first-order chi connectivity index (χ1) is 9.13. The lowest BCUT2D eigenvalue weighted by atomic mass is 10.1. The molecule has 2 rings (SSSR count). The number of hydrogen-bond donors (Lipinski definition) is 1. The molecule has 0 saturated carbocycles. The Balaban J connectivity index is 2.15. The summed E-state index contributed by atoms with van der Waals surface area (Å²) >= 11 is 3.70. The molecule has 1 aromatic heterocycles. The molecule has 1 unspecified atom stereocenters. The Morgan fingerprint density at radius 1 is 1.63 bits per heavy atom. The number of hydrogen-bond acceptors (Lipinski definition) is 5. The van der Waals surface area contributed by atoms with E-state index in [9.17, 15) is 9.59 Å². The minimum atomic E-state index is -0.529. The van der Waals surface area contributed by atoms with Gasteiger partial charge >= 0.3 is 5.97 Å². The van der Waals surface area contributed by atoms with Gasteiger partial charge in [0, 0.05) is 25.0 Å². The molecule has 1 N–H and O–H groups in total. The minimum absolute atomic E-state index is 0.0984. The highest BCUT2D eigenvalue weighted by atomic mass is 127. The molecule has 0 spiro atoms. The van der Waals surface area contributed by atoms with Crippen molar-refractivity contribution >= 4 is 45.8 Å². The zero-order chi connectivity index (χ0) is 13.8. The van der Waals surface area contributed by atoms with E-state index in [1.807, 2.05) is 11.4 Å². The highest BCUT2D eigenvalue weighted by Crippen LogP contribution is 2.19. The van der Waals surface area contributed by atoms with Crippen molar-refractivity contribution in [1.82, 2.24) is 10.2 Å². The maximum absolute atomic E-state index is 12.4. The molecule has 1 fully saturated rings. The number of rotatable bonds is 3. The Hall–Kier alpha value is -0.670. The molecule has 5 nitrogen and oxygen atoms in total. The Labute approximate surface area is 129 Å². The van der Waals surface area contributed by atoms with Gasteiger partial charge < -0.3 is 15.0 Å². The molecule has 19 heavy (non-hydrogen) atoms. The van der Waals surface area contributed by atoms with Crippen LogP contribution in [0.5, 0.6) is 0 Å². The molecule has 1 saturated heterocycles. The highest BCUT2D eigenvalue weighted by Gasteiger charge is 2.33. The molecule has 1 atom stereocenters. The van der Waals surface area contributed by atoms with Crippen molar-refractivity contribution < 1.29 is 14.3 Å². The monoisotopic (exact) mass is 394 g/mol. The average molecular weight is 394 g/mol.